The van der Waals surface area contributed by atoms with Crippen LogP contribution in [0.5, 0.6) is 0 Å². The van der Waals surface area contributed by atoms with Gasteiger partial charge in [0.1, 0.15) is 0 Å². The Balaban J connectivity index is 4.29. The number of rotatable bonds is 6. The first kappa shape index (κ1) is 26.4. The minimum atomic E-state index is -1.41. The van der Waals surface area contributed by atoms with E-state index in [0.717, 1.165) is 0 Å². The van der Waals surface area contributed by atoms with Gasteiger partial charge in [0.15, 0.2) is 0 Å². The summed E-state index contributed by atoms with van der Waals surface area (Å²) >= 11 is 0. The molecular weight excluding hydrogens is 401 g/mol. The summed E-state index contributed by atoms with van der Waals surface area (Å²) in [5.41, 5.74) is 0. The molecule has 1 aromatic rings. The molecule has 1 heterocycles. The normalized spacial score (nSPS) is 13.9. The number of hydrogen-bond donors (Lipinski definition) is 0. The maximum atomic E-state index is 2.73. The van der Waals surface area contributed by atoms with E-state index >= 15 is 0 Å². The Hall–Kier alpha value is 0.348. The molecule has 0 radical (unpaired) electrons. The third-order valence-corrected chi connectivity index (χ3v) is 39.5. The second kappa shape index (κ2) is 8.84. The van der Waals surface area contributed by atoms with Crippen LogP contribution in [0.2, 0.25) is 36.3 Å². The average molecular weight is 451 g/mol. The van der Waals surface area contributed by atoms with Crippen molar-refractivity contribution in [3.05, 3.63) is 20.7 Å². The summed E-state index contributed by atoms with van der Waals surface area (Å²) < 4.78 is 0. The smallest absolute Gasteiger partial charge is 0.0682 e. The monoisotopic (exact) mass is 450 g/mol. The molecule has 0 bridgehead atoms. The van der Waals surface area contributed by atoms with Gasteiger partial charge in [-0.15, -0.1) is 0 Å². The van der Waals surface area contributed by atoms with Crippen LogP contribution in [0.25, 0.3) is 0 Å². The Bertz CT molecular complexity index is 607. The molecule has 0 nitrogen and oxygen atoms in total. The topological polar surface area (TPSA) is 0 Å². The Morgan fingerprint density at radius 3 is 0.786 bits per heavy atom. The molecule has 0 atom stereocenters. The van der Waals surface area contributed by atoms with Gasteiger partial charge in [0.25, 0.3) is 0 Å². The molecule has 0 saturated carbocycles. The molecule has 1 aromatic heterocycles. The van der Waals surface area contributed by atoms with Crippen LogP contribution in [-0.2, 0) is 25.7 Å². The van der Waals surface area contributed by atoms with E-state index in [-0.39, 0.29) is 0 Å². The highest BCUT2D eigenvalue weighted by molar-refractivity contribution is 7.34. The van der Waals surface area contributed by atoms with E-state index in [1.54, 1.807) is 0 Å². The van der Waals surface area contributed by atoms with Crippen molar-refractivity contribution < 1.29 is 0 Å². The van der Waals surface area contributed by atoms with Gasteiger partial charge < -0.3 is 0 Å². The van der Waals surface area contributed by atoms with E-state index in [1.165, 1.54) is 25.7 Å². The maximum Gasteiger partial charge on any atom is 0.0686 e. The van der Waals surface area contributed by atoms with Crippen molar-refractivity contribution in [2.24, 2.45) is 0 Å². The van der Waals surface area contributed by atoms with E-state index in [1.807, 2.05) is 20.7 Å². The highest BCUT2D eigenvalue weighted by Gasteiger charge is 2.45. The molecule has 0 aromatic carbocycles. The zero-order chi connectivity index (χ0) is 22.3. The van der Waals surface area contributed by atoms with Gasteiger partial charge in [0.05, 0.1) is 15.2 Å². The van der Waals surface area contributed by atoms with Crippen LogP contribution >= 0.6 is 0 Å². The predicted molar refractivity (Wildman–Crippen MR) is 141 cm³/mol. The van der Waals surface area contributed by atoms with Gasteiger partial charge in [-0.3, -0.25) is 0 Å². The molecule has 4 heteroatoms. The van der Waals surface area contributed by atoms with E-state index in [0.29, 0.717) is 10.1 Å². The fourth-order valence-corrected chi connectivity index (χ4v) is 33.8. The summed E-state index contributed by atoms with van der Waals surface area (Å²) in [5.74, 6) is 0. The fraction of sp³-hybridized carbons (Fsp3) is 0.833. The first-order valence-corrected chi connectivity index (χ1v) is 22.7. The Labute approximate surface area is 182 Å². The summed E-state index contributed by atoms with van der Waals surface area (Å²) in [6.07, 6.45) is 5.25. The molecular formula is C24H50Si4. The van der Waals surface area contributed by atoms with Gasteiger partial charge in [-0.25, -0.2) is 0 Å². The van der Waals surface area contributed by atoms with E-state index < -0.39 is 31.0 Å². The summed E-state index contributed by atoms with van der Waals surface area (Å²) in [4.78, 5) is 0. The lowest BCUT2D eigenvalue weighted by atomic mass is 10.2. The zero-order valence-corrected chi connectivity index (χ0v) is 25.8. The SMILES string of the molecule is CCc1c(CC)[si]([Si](C)(C)C(C)(C)C)c(CC)c(CC)[si]1[Si](C)(C)C(C)(C)C. The van der Waals surface area contributed by atoms with Crippen LogP contribution in [-0.4, -0.2) is 31.0 Å². The molecule has 0 spiro atoms. The quantitative estimate of drug-likeness (QED) is 0.389. The lowest BCUT2D eigenvalue weighted by Gasteiger charge is -2.45. The molecule has 0 aliphatic rings. The standard InChI is InChI=1S/C24H50Si4/c1-15-19-20(16-2)26(28(13,14)24(8,9)10)22(18-4)21(17-3)25(19)27(11,12)23(5,6)7/h15-18H2,1-14H3. The molecule has 162 valence electrons. The Morgan fingerprint density at radius 2 is 0.679 bits per heavy atom. The van der Waals surface area contributed by atoms with Crippen LogP contribution in [0.3, 0.4) is 0 Å². The molecule has 0 aliphatic heterocycles. The van der Waals surface area contributed by atoms with Crippen molar-refractivity contribution in [1.29, 1.82) is 0 Å². The van der Waals surface area contributed by atoms with Crippen molar-refractivity contribution in [3.8, 4) is 0 Å². The molecule has 0 amide bonds. The minimum absolute atomic E-state index is 0.473. The lowest BCUT2D eigenvalue weighted by Crippen LogP contribution is -2.54. The second-order valence-electron chi connectivity index (χ2n) is 11.8. The molecule has 0 saturated heterocycles. The second-order valence-corrected chi connectivity index (χ2v) is 35.7. The Morgan fingerprint density at radius 1 is 0.500 bits per heavy atom. The van der Waals surface area contributed by atoms with Crippen LogP contribution in [0.4, 0.5) is 0 Å². The highest BCUT2D eigenvalue weighted by atomic mass is 29.2. The van der Waals surface area contributed by atoms with Crippen molar-refractivity contribution in [2.75, 3.05) is 0 Å². The molecule has 0 N–H and O–H groups in total. The predicted octanol–water partition coefficient (Wildman–Crippen LogP) is 7.69. The number of hydrogen-bond acceptors (Lipinski definition) is 0. The van der Waals surface area contributed by atoms with Gasteiger partial charge in [-0.05, 0) is 35.8 Å². The van der Waals surface area contributed by atoms with Crippen LogP contribution in [0.15, 0.2) is 0 Å². The minimum Gasteiger partial charge on any atom is -0.0682 e. The van der Waals surface area contributed by atoms with Gasteiger partial charge in [-0.1, -0.05) is 116 Å². The molecule has 28 heavy (non-hydrogen) atoms. The summed E-state index contributed by atoms with van der Waals surface area (Å²) in [6.45, 7) is 36.1. The van der Waals surface area contributed by atoms with E-state index in [4.69, 9.17) is 0 Å². The molecule has 0 unspecified atom stereocenters. The summed E-state index contributed by atoms with van der Waals surface area (Å²) in [7, 11) is -3.95. The fourth-order valence-electron chi connectivity index (χ4n) is 4.79. The van der Waals surface area contributed by atoms with Crippen molar-refractivity contribution in [3.63, 3.8) is 0 Å². The van der Waals surface area contributed by atoms with Crippen LogP contribution < -0.4 is 0 Å². The van der Waals surface area contributed by atoms with E-state index in [2.05, 4.69) is 95.4 Å². The summed E-state index contributed by atoms with van der Waals surface area (Å²) in [6, 6.07) is 0. The lowest BCUT2D eigenvalue weighted by molar-refractivity contribution is 0.733. The van der Waals surface area contributed by atoms with E-state index in [9.17, 15) is 0 Å². The third kappa shape index (κ3) is 4.35. The maximum absolute atomic E-state index is 2.73. The van der Waals surface area contributed by atoms with Crippen molar-refractivity contribution in [1.82, 2.24) is 0 Å². The largest absolute Gasteiger partial charge is 0.0686 e. The molecule has 0 aliphatic carbocycles. The zero-order valence-electron chi connectivity index (χ0n) is 21.8. The molecule has 0 fully saturated rings. The van der Waals surface area contributed by atoms with Crippen molar-refractivity contribution >= 4 is 31.0 Å². The first-order valence-electron chi connectivity index (χ1n) is 11.7. The summed E-state index contributed by atoms with van der Waals surface area (Å²) in [5, 5.41) is 8.97. The van der Waals surface area contributed by atoms with Gasteiger partial charge in [-0.2, -0.15) is 0 Å². The first-order chi connectivity index (χ1) is 12.5. The Kier molecular flexibility index (Phi) is 8.33. The van der Waals surface area contributed by atoms with Gasteiger partial charge >= 0.3 is 0 Å². The van der Waals surface area contributed by atoms with Crippen LogP contribution in [0.1, 0.15) is 89.9 Å². The van der Waals surface area contributed by atoms with Gasteiger partial charge in [0.2, 0.25) is 0 Å². The molecule has 1 rings (SSSR count). The van der Waals surface area contributed by atoms with Crippen LogP contribution in [0, 0.1) is 0 Å². The highest BCUT2D eigenvalue weighted by Crippen LogP contribution is 2.42. The van der Waals surface area contributed by atoms with Crippen molar-refractivity contribution in [2.45, 2.75) is 131 Å². The third-order valence-electron chi connectivity index (χ3n) is 8.35. The van der Waals surface area contributed by atoms with Gasteiger partial charge in [0, 0.05) is 15.8 Å². The average Bonchev–Trinajstić information content (AvgIpc) is 2.56.